The van der Waals surface area contributed by atoms with E-state index in [1.165, 1.54) is 30.6 Å². The van der Waals surface area contributed by atoms with Crippen molar-refractivity contribution < 1.29 is 0 Å². The largest absolute Gasteiger partial charge is 0.355 e. The molecule has 2 aliphatic heterocycles. The maximum Gasteiger partial charge on any atom is 0.196 e. The number of rotatable bonds is 2. The molecule has 0 aromatic heterocycles. The van der Waals surface area contributed by atoms with Crippen molar-refractivity contribution >= 4 is 11.6 Å². The van der Waals surface area contributed by atoms with E-state index >= 15 is 0 Å². The predicted molar refractivity (Wildman–Crippen MR) is 74.9 cm³/mol. The maximum absolute atomic E-state index is 4.53. The van der Waals surface area contributed by atoms with Gasteiger partial charge in [0.25, 0.3) is 0 Å². The Labute approximate surface area is 108 Å². The Hall–Kier alpha value is -1.55. The lowest BCUT2D eigenvalue weighted by molar-refractivity contribution is 0.310. The zero-order valence-electron chi connectivity index (χ0n) is 10.8. The van der Waals surface area contributed by atoms with Crippen molar-refractivity contribution in [2.24, 2.45) is 4.99 Å². The van der Waals surface area contributed by atoms with Gasteiger partial charge in [0.05, 0.1) is 6.54 Å². The summed E-state index contributed by atoms with van der Waals surface area (Å²) in [5, 5.41) is 6.79. The van der Waals surface area contributed by atoms with E-state index in [4.69, 9.17) is 0 Å². The van der Waals surface area contributed by atoms with Crippen molar-refractivity contribution in [2.45, 2.75) is 25.4 Å². The van der Waals surface area contributed by atoms with Crippen LogP contribution in [-0.4, -0.2) is 37.0 Å². The van der Waals surface area contributed by atoms with Gasteiger partial charge < -0.3 is 15.5 Å². The van der Waals surface area contributed by atoms with Crippen molar-refractivity contribution in [1.29, 1.82) is 0 Å². The number of anilines is 1. The lowest BCUT2D eigenvalue weighted by atomic mass is 10.1. The molecule has 0 spiro atoms. The minimum absolute atomic E-state index is 0.645. The number of guanidine groups is 1. The summed E-state index contributed by atoms with van der Waals surface area (Å²) in [7, 11) is 2.20. The number of benzene rings is 1. The molecule has 1 aromatic carbocycles. The van der Waals surface area contributed by atoms with Crippen LogP contribution in [-0.2, 0) is 6.54 Å². The molecule has 1 aromatic rings. The van der Waals surface area contributed by atoms with Crippen molar-refractivity contribution in [1.82, 2.24) is 10.2 Å². The third-order valence-electron chi connectivity index (χ3n) is 3.85. The second-order valence-corrected chi connectivity index (χ2v) is 5.10. The Morgan fingerprint density at radius 1 is 1.44 bits per heavy atom. The molecule has 3 rings (SSSR count). The van der Waals surface area contributed by atoms with Gasteiger partial charge in [-0.05, 0) is 38.1 Å². The number of nitrogens with zero attached hydrogens (tertiary/aromatic N) is 2. The number of fused-ring (bicyclic) bond motifs is 1. The number of para-hydroxylation sites is 1. The molecule has 2 heterocycles. The predicted octanol–water partition coefficient (Wildman–Crippen LogP) is 1.65. The first-order chi connectivity index (χ1) is 8.83. The van der Waals surface area contributed by atoms with Crippen LogP contribution in [0.15, 0.2) is 29.3 Å². The minimum Gasteiger partial charge on any atom is -0.355 e. The SMILES string of the molecule is CN1CCCC1CNC1=NCc2ccccc2N1. The highest BCUT2D eigenvalue weighted by Crippen LogP contribution is 2.19. The highest BCUT2D eigenvalue weighted by Gasteiger charge is 2.21. The fourth-order valence-corrected chi connectivity index (χ4v) is 2.66. The first-order valence-electron chi connectivity index (χ1n) is 6.66. The molecule has 96 valence electrons. The Kier molecular flexibility index (Phi) is 3.19. The highest BCUT2D eigenvalue weighted by atomic mass is 15.2. The smallest absolute Gasteiger partial charge is 0.196 e. The van der Waals surface area contributed by atoms with Gasteiger partial charge in [0.2, 0.25) is 0 Å². The van der Waals surface area contributed by atoms with E-state index in [0.717, 1.165) is 19.0 Å². The summed E-state index contributed by atoms with van der Waals surface area (Å²) >= 11 is 0. The van der Waals surface area contributed by atoms with E-state index in [-0.39, 0.29) is 0 Å². The van der Waals surface area contributed by atoms with E-state index in [1.807, 2.05) is 0 Å². The van der Waals surface area contributed by atoms with Gasteiger partial charge in [0.1, 0.15) is 0 Å². The lowest BCUT2D eigenvalue weighted by Gasteiger charge is -2.23. The molecule has 2 N–H and O–H groups in total. The van der Waals surface area contributed by atoms with Crippen LogP contribution in [0.1, 0.15) is 18.4 Å². The molecule has 1 unspecified atom stereocenters. The molecule has 18 heavy (non-hydrogen) atoms. The average Bonchev–Trinajstić information content (AvgIpc) is 2.82. The number of aliphatic imine (C=N–C) groups is 1. The van der Waals surface area contributed by atoms with Crippen LogP contribution >= 0.6 is 0 Å². The Morgan fingerprint density at radius 3 is 3.17 bits per heavy atom. The normalized spacial score (nSPS) is 23.2. The van der Waals surface area contributed by atoms with E-state index in [2.05, 4.69) is 51.8 Å². The van der Waals surface area contributed by atoms with Crippen LogP contribution < -0.4 is 10.6 Å². The summed E-state index contributed by atoms with van der Waals surface area (Å²) in [4.78, 5) is 6.95. The van der Waals surface area contributed by atoms with E-state index in [0.29, 0.717) is 6.04 Å². The van der Waals surface area contributed by atoms with E-state index in [1.54, 1.807) is 0 Å². The second kappa shape index (κ2) is 4.98. The molecular formula is C14H20N4. The maximum atomic E-state index is 4.53. The van der Waals surface area contributed by atoms with Crippen LogP contribution in [0, 0.1) is 0 Å². The molecule has 4 nitrogen and oxygen atoms in total. The molecule has 4 heteroatoms. The molecular weight excluding hydrogens is 224 g/mol. The molecule has 0 radical (unpaired) electrons. The summed E-state index contributed by atoms with van der Waals surface area (Å²) < 4.78 is 0. The minimum atomic E-state index is 0.645. The zero-order valence-corrected chi connectivity index (χ0v) is 10.8. The van der Waals surface area contributed by atoms with Crippen molar-refractivity contribution in [3.05, 3.63) is 29.8 Å². The van der Waals surface area contributed by atoms with Crippen molar-refractivity contribution in [2.75, 3.05) is 25.5 Å². The quantitative estimate of drug-likeness (QED) is 0.831. The lowest BCUT2D eigenvalue weighted by Crippen LogP contribution is -2.41. The van der Waals surface area contributed by atoms with Crippen LogP contribution in [0.5, 0.6) is 0 Å². The molecule has 1 fully saturated rings. The molecule has 1 saturated heterocycles. The van der Waals surface area contributed by atoms with Gasteiger partial charge in [-0.1, -0.05) is 18.2 Å². The van der Waals surface area contributed by atoms with Gasteiger partial charge in [0.15, 0.2) is 5.96 Å². The summed E-state index contributed by atoms with van der Waals surface area (Å²) in [6, 6.07) is 8.98. The molecule has 0 amide bonds. The molecule has 0 aliphatic carbocycles. The summed E-state index contributed by atoms with van der Waals surface area (Å²) in [6.45, 7) is 2.96. The van der Waals surface area contributed by atoms with Gasteiger partial charge in [0, 0.05) is 18.3 Å². The van der Waals surface area contributed by atoms with Crippen LogP contribution in [0.2, 0.25) is 0 Å². The van der Waals surface area contributed by atoms with Crippen molar-refractivity contribution in [3.63, 3.8) is 0 Å². The third-order valence-corrected chi connectivity index (χ3v) is 3.85. The van der Waals surface area contributed by atoms with Gasteiger partial charge in [-0.3, -0.25) is 0 Å². The summed E-state index contributed by atoms with van der Waals surface area (Å²) in [6.07, 6.45) is 2.60. The Bertz CT molecular complexity index is 455. The molecule has 1 atom stereocenters. The van der Waals surface area contributed by atoms with Crippen LogP contribution in [0.4, 0.5) is 5.69 Å². The topological polar surface area (TPSA) is 39.7 Å². The van der Waals surface area contributed by atoms with Gasteiger partial charge >= 0.3 is 0 Å². The number of nitrogens with one attached hydrogen (secondary N) is 2. The zero-order chi connectivity index (χ0) is 12.4. The molecule has 2 aliphatic rings. The summed E-state index contributed by atoms with van der Waals surface area (Å²) in [5.41, 5.74) is 2.44. The first kappa shape index (κ1) is 11.5. The van der Waals surface area contributed by atoms with Gasteiger partial charge in [-0.15, -0.1) is 0 Å². The van der Waals surface area contributed by atoms with Crippen LogP contribution in [0.3, 0.4) is 0 Å². The van der Waals surface area contributed by atoms with E-state index in [9.17, 15) is 0 Å². The molecule has 0 bridgehead atoms. The average molecular weight is 244 g/mol. The number of likely N-dealkylation sites (N-methyl/N-ethyl adjacent to an activating group) is 1. The fourth-order valence-electron chi connectivity index (χ4n) is 2.66. The van der Waals surface area contributed by atoms with Crippen LogP contribution in [0.25, 0.3) is 0 Å². The summed E-state index contributed by atoms with van der Waals surface area (Å²) in [5.74, 6) is 0.911. The molecule has 0 saturated carbocycles. The fraction of sp³-hybridized carbons (Fsp3) is 0.500. The third kappa shape index (κ3) is 2.34. The number of likely N-dealkylation sites (tertiary alicyclic amines) is 1. The highest BCUT2D eigenvalue weighted by molar-refractivity contribution is 5.95. The van der Waals surface area contributed by atoms with E-state index < -0.39 is 0 Å². The van der Waals surface area contributed by atoms with Gasteiger partial charge in [-0.2, -0.15) is 0 Å². The Morgan fingerprint density at radius 2 is 2.33 bits per heavy atom. The first-order valence-corrected chi connectivity index (χ1v) is 6.66. The monoisotopic (exact) mass is 244 g/mol. The standard InChI is InChI=1S/C14H20N4/c1-18-8-4-6-12(18)10-16-14-15-9-11-5-2-3-7-13(11)17-14/h2-3,5,7,12H,4,6,8-10H2,1H3,(H2,15,16,17). The Balaban J connectivity index is 1.57. The number of hydrogen-bond donors (Lipinski definition) is 2. The number of hydrogen-bond acceptors (Lipinski definition) is 4. The van der Waals surface area contributed by atoms with Gasteiger partial charge in [-0.25, -0.2) is 4.99 Å². The van der Waals surface area contributed by atoms with Crippen molar-refractivity contribution in [3.8, 4) is 0 Å². The second-order valence-electron chi connectivity index (χ2n) is 5.10.